The quantitative estimate of drug-likeness (QED) is 0.765. The number of hydrogen-bond donors (Lipinski definition) is 1. The van der Waals surface area contributed by atoms with E-state index in [2.05, 4.69) is 0 Å². The maximum atomic E-state index is 11.5. The molecule has 0 amide bonds. The summed E-state index contributed by atoms with van der Waals surface area (Å²) in [6.45, 7) is 3.95. The average Bonchev–Trinajstić information content (AvgIpc) is 2.58. The molecule has 1 aliphatic heterocycles. The second kappa shape index (κ2) is 5.82. The van der Waals surface area contributed by atoms with Crippen LogP contribution in [0.4, 0.5) is 0 Å². The molecule has 0 aromatic rings. The van der Waals surface area contributed by atoms with Crippen LogP contribution >= 0.6 is 0 Å². The highest BCUT2D eigenvalue weighted by atomic mass is 32.2. The van der Waals surface area contributed by atoms with Gasteiger partial charge < -0.3 is 5.11 Å². The van der Waals surface area contributed by atoms with E-state index in [9.17, 15) is 13.2 Å². The van der Waals surface area contributed by atoms with Gasteiger partial charge in [-0.3, -0.25) is 9.69 Å². The Balaban J connectivity index is 2.79. The van der Waals surface area contributed by atoms with Gasteiger partial charge in [-0.2, -0.15) is 0 Å². The fourth-order valence-electron chi connectivity index (χ4n) is 2.51. The molecule has 1 rings (SSSR count). The number of rotatable bonds is 6. The molecule has 0 bridgehead atoms. The van der Waals surface area contributed by atoms with Crippen molar-refractivity contribution >= 4 is 15.8 Å². The molecule has 0 saturated carbocycles. The smallest absolute Gasteiger partial charge is 0.317 e. The normalized spacial score (nSPS) is 23.4. The van der Waals surface area contributed by atoms with Crippen molar-refractivity contribution in [3.05, 3.63) is 0 Å². The summed E-state index contributed by atoms with van der Waals surface area (Å²) in [6.07, 6.45) is 2.26. The molecule has 0 aromatic carbocycles. The summed E-state index contributed by atoms with van der Waals surface area (Å²) < 4.78 is 22.9. The van der Waals surface area contributed by atoms with Crippen LogP contribution in [0.2, 0.25) is 0 Å². The van der Waals surface area contributed by atoms with Crippen LogP contribution in [0.3, 0.4) is 0 Å². The lowest BCUT2D eigenvalue weighted by Gasteiger charge is -2.33. The molecular weight excluding hydrogens is 242 g/mol. The first-order valence-electron chi connectivity index (χ1n) is 6.07. The topological polar surface area (TPSA) is 74.7 Å². The highest BCUT2D eigenvalue weighted by Crippen LogP contribution is 2.22. The van der Waals surface area contributed by atoms with Gasteiger partial charge in [0.2, 0.25) is 0 Å². The molecule has 0 aromatic heterocycles. The van der Waals surface area contributed by atoms with E-state index in [0.717, 1.165) is 12.8 Å². The van der Waals surface area contributed by atoms with E-state index in [1.807, 2.05) is 18.7 Å². The summed E-state index contributed by atoms with van der Waals surface area (Å²) >= 11 is 0. The van der Waals surface area contributed by atoms with Crippen molar-refractivity contribution in [2.75, 3.05) is 18.1 Å². The van der Waals surface area contributed by atoms with Crippen LogP contribution < -0.4 is 0 Å². The first kappa shape index (κ1) is 14.4. The summed E-state index contributed by atoms with van der Waals surface area (Å²) in [5.74, 6) is -0.591. The Morgan fingerprint density at radius 2 is 2.00 bits per heavy atom. The molecule has 1 N–H and O–H groups in total. The first-order chi connectivity index (χ1) is 7.89. The lowest BCUT2D eigenvalue weighted by molar-refractivity contribution is -0.139. The number of carboxylic acid groups (broad SMARTS) is 1. The van der Waals surface area contributed by atoms with Crippen LogP contribution in [0.15, 0.2) is 0 Å². The minimum Gasteiger partial charge on any atom is -0.480 e. The van der Waals surface area contributed by atoms with E-state index in [1.165, 1.54) is 0 Å². The SMILES string of the molecule is CCC(CC)N(CC(=O)O)C1CCS(=O)(=O)C1. The van der Waals surface area contributed by atoms with Crippen LogP contribution in [-0.4, -0.2) is 54.5 Å². The summed E-state index contributed by atoms with van der Waals surface area (Å²) in [5.41, 5.74) is 0. The van der Waals surface area contributed by atoms with Crippen molar-refractivity contribution in [2.45, 2.75) is 45.2 Å². The second-order valence-electron chi connectivity index (χ2n) is 4.59. The highest BCUT2D eigenvalue weighted by Gasteiger charge is 2.35. The van der Waals surface area contributed by atoms with Crippen molar-refractivity contribution in [3.63, 3.8) is 0 Å². The van der Waals surface area contributed by atoms with E-state index in [1.54, 1.807) is 0 Å². The number of carboxylic acids is 1. The van der Waals surface area contributed by atoms with Gasteiger partial charge in [0.25, 0.3) is 0 Å². The third kappa shape index (κ3) is 3.96. The molecule has 1 fully saturated rings. The molecule has 1 atom stereocenters. The summed E-state index contributed by atoms with van der Waals surface area (Å²) in [6, 6.07) is 0.0328. The monoisotopic (exact) mass is 263 g/mol. The van der Waals surface area contributed by atoms with E-state index < -0.39 is 15.8 Å². The van der Waals surface area contributed by atoms with Crippen LogP contribution in [0.1, 0.15) is 33.1 Å². The molecule has 0 spiro atoms. The summed E-state index contributed by atoms with van der Waals surface area (Å²) in [4.78, 5) is 12.7. The van der Waals surface area contributed by atoms with Gasteiger partial charge in [-0.1, -0.05) is 13.8 Å². The molecule has 0 radical (unpaired) electrons. The Kier molecular flexibility index (Phi) is 4.94. The zero-order valence-corrected chi connectivity index (χ0v) is 11.2. The van der Waals surface area contributed by atoms with Gasteiger partial charge in [0.05, 0.1) is 18.1 Å². The van der Waals surface area contributed by atoms with Crippen molar-refractivity contribution in [1.29, 1.82) is 0 Å². The molecule has 17 heavy (non-hydrogen) atoms. The van der Waals surface area contributed by atoms with E-state index in [4.69, 9.17) is 5.11 Å². The average molecular weight is 263 g/mol. The second-order valence-corrected chi connectivity index (χ2v) is 6.82. The zero-order valence-electron chi connectivity index (χ0n) is 10.4. The fourth-order valence-corrected chi connectivity index (χ4v) is 4.25. The number of nitrogens with zero attached hydrogens (tertiary/aromatic N) is 1. The molecule has 6 heteroatoms. The van der Waals surface area contributed by atoms with Crippen molar-refractivity contribution in [2.24, 2.45) is 0 Å². The molecule has 1 heterocycles. The molecule has 100 valence electrons. The standard InChI is InChI=1S/C11H21NO4S/c1-3-9(4-2)12(7-11(13)14)10-5-6-17(15,16)8-10/h9-10H,3-8H2,1-2H3,(H,13,14). The Morgan fingerprint density at radius 3 is 2.35 bits per heavy atom. The predicted octanol–water partition coefficient (Wildman–Crippen LogP) is 0.749. The van der Waals surface area contributed by atoms with Gasteiger partial charge in [-0.15, -0.1) is 0 Å². The first-order valence-corrected chi connectivity index (χ1v) is 7.89. The molecule has 1 saturated heterocycles. The molecule has 1 aliphatic rings. The van der Waals surface area contributed by atoms with Crippen LogP contribution in [0, 0.1) is 0 Å². The van der Waals surface area contributed by atoms with Gasteiger partial charge in [0.1, 0.15) is 0 Å². The third-order valence-corrected chi connectivity index (χ3v) is 5.16. The minimum absolute atomic E-state index is 0.0630. The van der Waals surface area contributed by atoms with Gasteiger partial charge in [0, 0.05) is 12.1 Å². The Hall–Kier alpha value is -0.620. The number of hydrogen-bond acceptors (Lipinski definition) is 4. The number of sulfone groups is 1. The lowest BCUT2D eigenvalue weighted by atomic mass is 10.1. The van der Waals surface area contributed by atoms with Crippen LogP contribution in [0.5, 0.6) is 0 Å². The zero-order chi connectivity index (χ0) is 13.1. The van der Waals surface area contributed by atoms with E-state index >= 15 is 0 Å². The van der Waals surface area contributed by atoms with Crippen LogP contribution in [-0.2, 0) is 14.6 Å². The minimum atomic E-state index is -2.96. The molecule has 0 aliphatic carbocycles. The molecule has 1 unspecified atom stereocenters. The fraction of sp³-hybridized carbons (Fsp3) is 0.909. The summed E-state index contributed by atoms with van der Waals surface area (Å²) in [5, 5.41) is 8.92. The van der Waals surface area contributed by atoms with E-state index in [0.29, 0.717) is 6.42 Å². The largest absolute Gasteiger partial charge is 0.480 e. The van der Waals surface area contributed by atoms with Crippen molar-refractivity contribution < 1.29 is 18.3 Å². The highest BCUT2D eigenvalue weighted by molar-refractivity contribution is 7.91. The Morgan fingerprint density at radius 1 is 1.41 bits per heavy atom. The van der Waals surface area contributed by atoms with Crippen LogP contribution in [0.25, 0.3) is 0 Å². The van der Waals surface area contributed by atoms with Crippen molar-refractivity contribution in [3.8, 4) is 0 Å². The third-order valence-electron chi connectivity index (χ3n) is 3.41. The van der Waals surface area contributed by atoms with Crippen molar-refractivity contribution in [1.82, 2.24) is 4.90 Å². The maximum absolute atomic E-state index is 11.5. The summed E-state index contributed by atoms with van der Waals surface area (Å²) in [7, 11) is -2.96. The number of carbonyl (C=O) groups is 1. The molecular formula is C11H21NO4S. The van der Waals surface area contributed by atoms with Gasteiger partial charge in [-0.05, 0) is 19.3 Å². The number of aliphatic carboxylic acids is 1. The Bertz CT molecular complexity index is 362. The molecule has 5 nitrogen and oxygen atoms in total. The van der Waals surface area contributed by atoms with Gasteiger partial charge >= 0.3 is 5.97 Å². The lowest BCUT2D eigenvalue weighted by Crippen LogP contribution is -2.46. The predicted molar refractivity (Wildman–Crippen MR) is 65.8 cm³/mol. The maximum Gasteiger partial charge on any atom is 0.317 e. The van der Waals surface area contributed by atoms with Gasteiger partial charge in [-0.25, -0.2) is 8.42 Å². The van der Waals surface area contributed by atoms with Gasteiger partial charge in [0.15, 0.2) is 9.84 Å². The Labute approximate surface area is 103 Å². The van der Waals surface area contributed by atoms with E-state index in [-0.39, 0.29) is 30.1 Å².